The first kappa shape index (κ1) is 20.1. The van der Waals surface area contributed by atoms with Crippen LogP contribution in [-0.4, -0.2) is 30.3 Å². The maximum absolute atomic E-state index is 11.2. The summed E-state index contributed by atoms with van der Waals surface area (Å²) in [6, 6.07) is 0. The number of aliphatic hydroxyl groups excluding tert-OH is 1. The second-order valence-corrected chi connectivity index (χ2v) is 11.6. The summed E-state index contributed by atoms with van der Waals surface area (Å²) in [6.07, 6.45) is 9.42. The predicted molar refractivity (Wildman–Crippen MR) is 103 cm³/mol. The molecule has 9 unspecified atom stereocenters. The van der Waals surface area contributed by atoms with Crippen LogP contribution in [0.4, 0.5) is 0 Å². The van der Waals surface area contributed by atoms with E-state index < -0.39 is 16.5 Å². The molecule has 0 amide bonds. The fourth-order valence-electron chi connectivity index (χ4n) is 8.31. The zero-order chi connectivity index (χ0) is 19.6. The lowest BCUT2D eigenvalue weighted by molar-refractivity contribution is -0.131. The first-order valence-corrected chi connectivity index (χ1v) is 12.2. The maximum atomic E-state index is 11.2. The first-order valence-electron chi connectivity index (χ1n) is 10.9. The van der Waals surface area contributed by atoms with Crippen LogP contribution < -0.4 is 0 Å². The Morgan fingerprint density at radius 3 is 2.33 bits per heavy atom. The molecule has 0 spiro atoms. The summed E-state index contributed by atoms with van der Waals surface area (Å²) in [5.41, 5.74) is 0.459. The Morgan fingerprint density at radius 2 is 1.63 bits per heavy atom. The molecule has 0 saturated heterocycles. The van der Waals surface area contributed by atoms with Crippen molar-refractivity contribution in [3.63, 3.8) is 0 Å². The SMILES string of the molecule is CC(OS(=O)(=O)O)C1CCC2C3CCC4CC(O)CCC4(C)C3CCC12C. The predicted octanol–water partition coefficient (Wildman–Crippen LogP) is 4.21. The van der Waals surface area contributed by atoms with E-state index in [4.69, 9.17) is 8.74 Å². The lowest BCUT2D eigenvalue weighted by Gasteiger charge is -2.61. The molecule has 6 heteroatoms. The van der Waals surface area contributed by atoms with Crippen molar-refractivity contribution >= 4 is 10.4 Å². The van der Waals surface area contributed by atoms with Crippen molar-refractivity contribution in [2.45, 2.75) is 90.8 Å². The third-order valence-electron chi connectivity index (χ3n) is 9.55. The quantitative estimate of drug-likeness (QED) is 0.693. The monoisotopic (exact) mass is 400 g/mol. The van der Waals surface area contributed by atoms with E-state index in [1.54, 1.807) is 6.92 Å². The minimum Gasteiger partial charge on any atom is -0.393 e. The van der Waals surface area contributed by atoms with Crippen molar-refractivity contribution in [2.24, 2.45) is 40.4 Å². The summed E-state index contributed by atoms with van der Waals surface area (Å²) in [5.74, 6) is 2.91. The fourth-order valence-corrected chi connectivity index (χ4v) is 8.82. The van der Waals surface area contributed by atoms with Crippen LogP contribution in [0.5, 0.6) is 0 Å². The molecule has 0 heterocycles. The molecule has 0 aliphatic heterocycles. The zero-order valence-electron chi connectivity index (χ0n) is 16.9. The molecule has 0 aromatic carbocycles. The van der Waals surface area contributed by atoms with Crippen LogP contribution in [0.2, 0.25) is 0 Å². The van der Waals surface area contributed by atoms with E-state index in [1.807, 2.05) is 0 Å². The van der Waals surface area contributed by atoms with Gasteiger partial charge in [-0.3, -0.25) is 4.55 Å². The van der Waals surface area contributed by atoms with Crippen molar-refractivity contribution in [3.8, 4) is 0 Å². The van der Waals surface area contributed by atoms with E-state index in [1.165, 1.54) is 19.3 Å². The van der Waals surface area contributed by atoms with Crippen LogP contribution in [0, 0.1) is 40.4 Å². The molecular weight excluding hydrogens is 364 g/mol. The fraction of sp³-hybridized carbons (Fsp3) is 1.00. The van der Waals surface area contributed by atoms with Gasteiger partial charge in [0.1, 0.15) is 0 Å². The number of rotatable bonds is 3. The third kappa shape index (κ3) is 3.28. The number of aliphatic hydroxyl groups is 1. The standard InChI is InChI=1S/C21H36O5S/c1-13(26-27(23,24)25)17-6-7-18-16-5-4-14-12-15(22)8-10-20(14,2)19(16)9-11-21(17,18)3/h13-19,22H,4-12H2,1-3H3,(H,23,24,25). The van der Waals surface area contributed by atoms with Crippen LogP contribution in [0.15, 0.2) is 0 Å². The van der Waals surface area contributed by atoms with Gasteiger partial charge in [0.25, 0.3) is 0 Å². The van der Waals surface area contributed by atoms with Crippen LogP contribution in [0.3, 0.4) is 0 Å². The Bertz CT molecular complexity index is 678. The van der Waals surface area contributed by atoms with E-state index in [-0.39, 0.29) is 17.4 Å². The van der Waals surface area contributed by atoms with Gasteiger partial charge < -0.3 is 5.11 Å². The minimum atomic E-state index is -4.40. The van der Waals surface area contributed by atoms with Crippen LogP contribution in [0.25, 0.3) is 0 Å². The summed E-state index contributed by atoms with van der Waals surface area (Å²) in [5, 5.41) is 10.2. The van der Waals surface area contributed by atoms with Crippen molar-refractivity contribution in [1.82, 2.24) is 0 Å². The molecule has 0 radical (unpaired) electrons. The summed E-state index contributed by atoms with van der Waals surface area (Å²) in [6.45, 7) is 6.63. The van der Waals surface area contributed by atoms with E-state index in [0.29, 0.717) is 23.2 Å². The van der Waals surface area contributed by atoms with E-state index in [0.717, 1.165) is 44.4 Å². The normalized spacial score (nSPS) is 51.1. The van der Waals surface area contributed by atoms with Gasteiger partial charge >= 0.3 is 10.4 Å². The van der Waals surface area contributed by atoms with Crippen molar-refractivity contribution in [2.75, 3.05) is 0 Å². The second-order valence-electron chi connectivity index (χ2n) is 10.5. The average molecular weight is 401 g/mol. The topological polar surface area (TPSA) is 83.8 Å². The Balaban J connectivity index is 1.55. The van der Waals surface area contributed by atoms with Gasteiger partial charge in [-0.05, 0) is 105 Å². The molecule has 4 rings (SSSR count). The molecule has 156 valence electrons. The highest BCUT2D eigenvalue weighted by molar-refractivity contribution is 7.80. The third-order valence-corrected chi connectivity index (χ3v) is 10.1. The van der Waals surface area contributed by atoms with Crippen molar-refractivity contribution in [1.29, 1.82) is 0 Å². The molecule has 4 aliphatic carbocycles. The second kappa shape index (κ2) is 6.68. The highest BCUT2D eigenvalue weighted by Crippen LogP contribution is 2.67. The van der Waals surface area contributed by atoms with Gasteiger partial charge in [0.05, 0.1) is 12.2 Å². The van der Waals surface area contributed by atoms with E-state index in [2.05, 4.69) is 13.8 Å². The average Bonchev–Trinajstić information content (AvgIpc) is 2.91. The van der Waals surface area contributed by atoms with Gasteiger partial charge in [0.2, 0.25) is 0 Å². The molecule has 5 nitrogen and oxygen atoms in total. The van der Waals surface area contributed by atoms with Gasteiger partial charge in [-0.2, -0.15) is 8.42 Å². The molecule has 9 atom stereocenters. The van der Waals surface area contributed by atoms with Crippen LogP contribution >= 0.6 is 0 Å². The highest BCUT2D eigenvalue weighted by Gasteiger charge is 2.61. The maximum Gasteiger partial charge on any atom is 0.397 e. The summed E-state index contributed by atoms with van der Waals surface area (Å²) in [4.78, 5) is 0. The largest absolute Gasteiger partial charge is 0.397 e. The van der Waals surface area contributed by atoms with E-state index >= 15 is 0 Å². The van der Waals surface area contributed by atoms with Gasteiger partial charge in [-0.15, -0.1) is 0 Å². The lowest BCUT2D eigenvalue weighted by atomic mass is 9.44. The number of fused-ring (bicyclic) bond motifs is 5. The molecular formula is C21H36O5S. The van der Waals surface area contributed by atoms with Crippen LogP contribution in [0.1, 0.15) is 78.6 Å². The van der Waals surface area contributed by atoms with Gasteiger partial charge in [-0.1, -0.05) is 13.8 Å². The minimum absolute atomic E-state index is 0.0999. The Labute approximate surface area is 164 Å². The lowest BCUT2D eigenvalue weighted by Crippen LogP contribution is -2.54. The molecule has 0 aromatic heterocycles. The molecule has 4 fully saturated rings. The zero-order valence-corrected chi connectivity index (χ0v) is 17.7. The van der Waals surface area contributed by atoms with Gasteiger partial charge in [-0.25, -0.2) is 4.18 Å². The molecule has 2 N–H and O–H groups in total. The smallest absolute Gasteiger partial charge is 0.393 e. The Kier molecular flexibility index (Phi) is 4.98. The number of hydrogen-bond acceptors (Lipinski definition) is 4. The van der Waals surface area contributed by atoms with Gasteiger partial charge in [0.15, 0.2) is 0 Å². The summed E-state index contributed by atoms with van der Waals surface area (Å²) in [7, 11) is -4.40. The Hall–Kier alpha value is -0.170. The van der Waals surface area contributed by atoms with Crippen molar-refractivity contribution in [3.05, 3.63) is 0 Å². The summed E-state index contributed by atoms with van der Waals surface area (Å²) >= 11 is 0. The molecule has 4 aliphatic rings. The summed E-state index contributed by atoms with van der Waals surface area (Å²) < 4.78 is 36.6. The Morgan fingerprint density at radius 1 is 0.963 bits per heavy atom. The van der Waals surface area contributed by atoms with E-state index in [9.17, 15) is 13.5 Å². The van der Waals surface area contributed by atoms with Crippen LogP contribution in [-0.2, 0) is 14.6 Å². The first-order chi connectivity index (χ1) is 12.5. The van der Waals surface area contributed by atoms with Gasteiger partial charge in [0, 0.05) is 0 Å². The number of hydrogen-bond donors (Lipinski definition) is 2. The van der Waals surface area contributed by atoms with Crippen molar-refractivity contribution < 1.29 is 22.3 Å². The molecule has 0 aromatic rings. The molecule has 4 saturated carbocycles. The highest BCUT2D eigenvalue weighted by atomic mass is 32.3. The molecule has 0 bridgehead atoms. The molecule has 27 heavy (non-hydrogen) atoms.